The highest BCUT2D eigenvalue weighted by atomic mass is 35.5. The molecular formula is C13H6Cl5NO3. The van der Waals surface area contributed by atoms with Gasteiger partial charge in [-0.1, -0.05) is 58.5 Å². The van der Waals surface area contributed by atoms with Crippen molar-refractivity contribution in [3.8, 4) is 11.5 Å². The van der Waals surface area contributed by atoms with E-state index in [1.165, 1.54) is 12.1 Å². The number of carbonyl (C=O) groups excluding carboxylic acids is 1. The molecule has 0 aliphatic heterocycles. The van der Waals surface area contributed by atoms with E-state index in [-0.39, 0.29) is 42.8 Å². The molecule has 2 N–H and O–H groups in total. The largest absolute Gasteiger partial charge is 0.506 e. The second-order valence-corrected chi connectivity index (χ2v) is 5.67. The molecule has 0 heterocycles. The van der Waals surface area contributed by atoms with E-state index in [0.29, 0.717) is 0 Å². The summed E-state index contributed by atoms with van der Waals surface area (Å²) < 4.78 is 4.57. The Bertz CT molecular complexity index is 751. The molecule has 0 aromatic heterocycles. The van der Waals surface area contributed by atoms with Gasteiger partial charge in [-0.05, 0) is 12.1 Å². The number of halogens is 5. The van der Waals surface area contributed by atoms with E-state index in [1.807, 2.05) is 0 Å². The number of aromatic hydroxyl groups is 1. The number of rotatable bonds is 3. The van der Waals surface area contributed by atoms with Gasteiger partial charge < -0.3 is 14.7 Å². The number of phenolic OH excluding ortho intramolecular Hbond substituents is 1. The van der Waals surface area contributed by atoms with Crippen LogP contribution in [0.2, 0.25) is 20.1 Å². The van der Waals surface area contributed by atoms with E-state index < -0.39 is 5.91 Å². The standard InChI is InChI=1S/C13H6Cl5NO3/c14-8-7(12(22-18)11(17)10(16)9(8)15)13(21)19-5-3-1-2-4-6(5)20/h1-4,20H,(H,19,21). The predicted octanol–water partition coefficient (Wildman–Crippen LogP) is 5.79. The third kappa shape index (κ3) is 3.16. The lowest BCUT2D eigenvalue weighted by molar-refractivity contribution is 0.102. The Labute approximate surface area is 150 Å². The molecule has 0 bridgehead atoms. The van der Waals surface area contributed by atoms with Crippen LogP contribution in [0.15, 0.2) is 24.3 Å². The van der Waals surface area contributed by atoms with Gasteiger partial charge in [0.1, 0.15) is 28.2 Å². The fourth-order valence-corrected chi connectivity index (χ4v) is 2.80. The zero-order valence-corrected chi connectivity index (χ0v) is 14.2. The number of hydrogen-bond acceptors (Lipinski definition) is 3. The van der Waals surface area contributed by atoms with Gasteiger partial charge in [-0.15, -0.1) is 0 Å². The molecule has 0 atom stereocenters. The first-order valence-corrected chi connectivity index (χ1v) is 7.44. The van der Waals surface area contributed by atoms with Crippen LogP contribution in [0.5, 0.6) is 11.5 Å². The highest BCUT2D eigenvalue weighted by Gasteiger charge is 2.27. The molecule has 0 aliphatic carbocycles. The first-order chi connectivity index (χ1) is 10.4. The molecular weight excluding hydrogens is 395 g/mol. The third-order valence-corrected chi connectivity index (χ3v) is 4.62. The average Bonchev–Trinajstić information content (AvgIpc) is 2.50. The van der Waals surface area contributed by atoms with Crippen molar-refractivity contribution in [1.82, 2.24) is 0 Å². The van der Waals surface area contributed by atoms with Crippen molar-refractivity contribution in [1.29, 1.82) is 0 Å². The van der Waals surface area contributed by atoms with Gasteiger partial charge in [0.15, 0.2) is 5.75 Å². The van der Waals surface area contributed by atoms with E-state index in [0.717, 1.165) is 0 Å². The van der Waals surface area contributed by atoms with E-state index >= 15 is 0 Å². The van der Waals surface area contributed by atoms with E-state index in [4.69, 9.17) is 58.3 Å². The molecule has 2 aromatic rings. The van der Waals surface area contributed by atoms with Gasteiger partial charge in [-0.3, -0.25) is 4.79 Å². The van der Waals surface area contributed by atoms with Gasteiger partial charge in [-0.2, -0.15) is 0 Å². The number of benzene rings is 2. The van der Waals surface area contributed by atoms with Crippen LogP contribution in [0.1, 0.15) is 10.4 Å². The van der Waals surface area contributed by atoms with Crippen molar-refractivity contribution in [2.75, 3.05) is 5.32 Å². The number of anilines is 1. The summed E-state index contributed by atoms with van der Waals surface area (Å²) in [6.45, 7) is 0. The smallest absolute Gasteiger partial charge is 0.261 e. The van der Waals surface area contributed by atoms with Gasteiger partial charge in [0.2, 0.25) is 0 Å². The molecule has 2 aromatic carbocycles. The number of carbonyl (C=O) groups is 1. The summed E-state index contributed by atoms with van der Waals surface area (Å²) in [5.41, 5.74) is -0.0504. The molecule has 9 heteroatoms. The summed E-state index contributed by atoms with van der Waals surface area (Å²) in [7, 11) is 0. The quantitative estimate of drug-likeness (QED) is 0.389. The van der Waals surface area contributed by atoms with Gasteiger partial charge in [0.05, 0.1) is 20.8 Å². The second-order valence-electron chi connectivity index (χ2n) is 4.01. The predicted molar refractivity (Wildman–Crippen MR) is 89.0 cm³/mol. The fraction of sp³-hybridized carbons (Fsp3) is 0. The molecule has 116 valence electrons. The maximum absolute atomic E-state index is 12.4. The Hall–Kier alpha value is -1.04. The minimum atomic E-state index is -0.734. The Morgan fingerprint density at radius 1 is 1.00 bits per heavy atom. The first-order valence-electron chi connectivity index (χ1n) is 5.62. The van der Waals surface area contributed by atoms with Crippen LogP contribution in [0.25, 0.3) is 0 Å². The topological polar surface area (TPSA) is 58.6 Å². The summed E-state index contributed by atoms with van der Waals surface area (Å²) in [6.07, 6.45) is 0. The highest BCUT2D eigenvalue weighted by molar-refractivity contribution is 6.53. The third-order valence-electron chi connectivity index (χ3n) is 2.68. The zero-order chi connectivity index (χ0) is 16.4. The number of hydrogen-bond donors (Lipinski definition) is 2. The fourth-order valence-electron chi connectivity index (χ4n) is 1.65. The van der Waals surface area contributed by atoms with Crippen molar-refractivity contribution >= 4 is 69.9 Å². The molecule has 1 amide bonds. The lowest BCUT2D eigenvalue weighted by Gasteiger charge is -2.14. The molecule has 0 unspecified atom stereocenters. The Morgan fingerprint density at radius 2 is 1.59 bits per heavy atom. The van der Waals surface area contributed by atoms with Crippen molar-refractivity contribution in [3.63, 3.8) is 0 Å². The van der Waals surface area contributed by atoms with Crippen LogP contribution in [-0.4, -0.2) is 11.0 Å². The van der Waals surface area contributed by atoms with Crippen molar-refractivity contribution in [3.05, 3.63) is 49.9 Å². The van der Waals surface area contributed by atoms with Crippen LogP contribution < -0.4 is 9.61 Å². The van der Waals surface area contributed by atoms with Crippen LogP contribution in [0.3, 0.4) is 0 Å². The molecule has 0 saturated carbocycles. The molecule has 0 saturated heterocycles. The minimum Gasteiger partial charge on any atom is -0.506 e. The van der Waals surface area contributed by atoms with Gasteiger partial charge in [0.25, 0.3) is 5.91 Å². The minimum absolute atomic E-state index is 0.0944. The van der Waals surface area contributed by atoms with Crippen LogP contribution in [0.4, 0.5) is 5.69 Å². The maximum atomic E-state index is 12.4. The summed E-state index contributed by atoms with van der Waals surface area (Å²) >= 11 is 29.1. The number of phenols is 1. The van der Waals surface area contributed by atoms with Gasteiger partial charge in [0, 0.05) is 0 Å². The lowest BCUT2D eigenvalue weighted by Crippen LogP contribution is -2.14. The molecule has 0 radical (unpaired) electrons. The molecule has 0 spiro atoms. The molecule has 22 heavy (non-hydrogen) atoms. The average molecular weight is 401 g/mol. The second kappa shape index (κ2) is 7.02. The monoisotopic (exact) mass is 399 g/mol. The Kier molecular flexibility index (Phi) is 5.53. The molecule has 4 nitrogen and oxygen atoms in total. The first kappa shape index (κ1) is 17.3. The highest BCUT2D eigenvalue weighted by Crippen LogP contribution is 2.46. The normalized spacial score (nSPS) is 10.4. The summed E-state index contributed by atoms with van der Waals surface area (Å²) in [5, 5.41) is 11.6. The number of nitrogens with one attached hydrogen (secondary N) is 1. The summed E-state index contributed by atoms with van der Waals surface area (Å²) in [4.78, 5) is 12.4. The zero-order valence-electron chi connectivity index (χ0n) is 10.5. The maximum Gasteiger partial charge on any atom is 0.261 e. The van der Waals surface area contributed by atoms with Crippen molar-refractivity contribution in [2.45, 2.75) is 0 Å². The summed E-state index contributed by atoms with van der Waals surface area (Å²) in [5.74, 6) is -1.11. The SMILES string of the molecule is O=C(Nc1ccccc1O)c1c(Cl)c(Cl)c(Cl)c(Cl)c1OCl. The van der Waals surface area contributed by atoms with Gasteiger partial charge >= 0.3 is 0 Å². The van der Waals surface area contributed by atoms with E-state index in [1.54, 1.807) is 12.1 Å². The van der Waals surface area contributed by atoms with Crippen LogP contribution >= 0.6 is 58.3 Å². The Morgan fingerprint density at radius 3 is 2.18 bits per heavy atom. The van der Waals surface area contributed by atoms with Crippen LogP contribution in [-0.2, 0) is 0 Å². The van der Waals surface area contributed by atoms with Crippen LogP contribution in [0, 0.1) is 0 Å². The van der Waals surface area contributed by atoms with Crippen molar-refractivity contribution < 1.29 is 14.2 Å². The number of amides is 1. The lowest BCUT2D eigenvalue weighted by atomic mass is 10.1. The molecule has 2 rings (SSSR count). The van der Waals surface area contributed by atoms with Gasteiger partial charge in [-0.25, -0.2) is 0 Å². The van der Waals surface area contributed by atoms with E-state index in [9.17, 15) is 9.90 Å². The van der Waals surface area contributed by atoms with Crippen molar-refractivity contribution in [2.24, 2.45) is 0 Å². The van der Waals surface area contributed by atoms with E-state index in [2.05, 4.69) is 9.61 Å². The molecule has 0 aliphatic rings. The summed E-state index contributed by atoms with van der Waals surface area (Å²) in [6, 6.07) is 6.11. The number of para-hydroxylation sites is 2. The molecule has 0 fully saturated rings. The Balaban J connectivity index is 2.53.